The van der Waals surface area contributed by atoms with Gasteiger partial charge in [0, 0.05) is 29.9 Å². The van der Waals surface area contributed by atoms with E-state index in [1.54, 1.807) is 6.20 Å². The molecule has 1 saturated heterocycles. The van der Waals surface area contributed by atoms with Gasteiger partial charge >= 0.3 is 0 Å². The van der Waals surface area contributed by atoms with Gasteiger partial charge in [0.2, 0.25) is 5.91 Å². The molecular weight excluding hydrogens is 426 g/mol. The lowest BCUT2D eigenvalue weighted by Gasteiger charge is -2.19. The van der Waals surface area contributed by atoms with Gasteiger partial charge in [-0.2, -0.15) is 5.10 Å². The van der Waals surface area contributed by atoms with Gasteiger partial charge in [0.05, 0.1) is 11.6 Å². The Morgan fingerprint density at radius 1 is 1.00 bits per heavy atom. The maximum atomic E-state index is 13.2. The summed E-state index contributed by atoms with van der Waals surface area (Å²) >= 11 is 0. The van der Waals surface area contributed by atoms with E-state index in [4.69, 9.17) is 0 Å². The molecule has 1 aromatic carbocycles. The predicted octanol–water partition coefficient (Wildman–Crippen LogP) is 3.55. The van der Waals surface area contributed by atoms with Gasteiger partial charge in [0.15, 0.2) is 0 Å². The number of hydrogen-bond acceptors (Lipinski definition) is 4. The fourth-order valence-electron chi connectivity index (χ4n) is 4.95. The number of nitrogens with one attached hydrogen (secondary N) is 1. The Hall–Kier alpha value is -2.93. The van der Waals surface area contributed by atoms with Gasteiger partial charge in [-0.15, -0.1) is 0 Å². The second kappa shape index (κ2) is 11.0. The summed E-state index contributed by atoms with van der Waals surface area (Å²) in [6, 6.07) is 8.44. The Morgan fingerprint density at radius 3 is 2.41 bits per heavy atom. The molecule has 0 aliphatic carbocycles. The third-order valence-electron chi connectivity index (χ3n) is 7.03. The number of rotatable bonds is 8. The minimum absolute atomic E-state index is 0.0554. The first-order valence-corrected chi connectivity index (χ1v) is 12.5. The predicted molar refractivity (Wildman–Crippen MR) is 136 cm³/mol. The van der Waals surface area contributed by atoms with E-state index in [2.05, 4.69) is 51.1 Å². The van der Waals surface area contributed by atoms with Crippen molar-refractivity contribution in [1.82, 2.24) is 24.6 Å². The zero-order valence-electron chi connectivity index (χ0n) is 20.8. The Morgan fingerprint density at radius 2 is 1.71 bits per heavy atom. The minimum Gasteiger partial charge on any atom is -0.354 e. The average molecular weight is 464 g/mol. The van der Waals surface area contributed by atoms with Crippen molar-refractivity contribution < 1.29 is 4.79 Å². The highest BCUT2D eigenvalue weighted by Gasteiger charge is 2.17. The molecule has 34 heavy (non-hydrogen) atoms. The van der Waals surface area contributed by atoms with Crippen molar-refractivity contribution in [3.8, 4) is 0 Å². The molecule has 4 rings (SSSR count). The van der Waals surface area contributed by atoms with Crippen LogP contribution in [0.3, 0.4) is 0 Å². The van der Waals surface area contributed by atoms with Crippen molar-refractivity contribution in [1.29, 1.82) is 0 Å². The fraction of sp³-hybridized carbons (Fsp3) is 0.519. The Bertz CT molecular complexity index is 1180. The minimum atomic E-state index is -0.208. The van der Waals surface area contributed by atoms with E-state index in [1.807, 2.05) is 13.8 Å². The molecule has 0 bridgehead atoms. The Kier molecular flexibility index (Phi) is 7.83. The van der Waals surface area contributed by atoms with E-state index in [0.29, 0.717) is 18.5 Å². The topological polar surface area (TPSA) is 72.2 Å². The van der Waals surface area contributed by atoms with Crippen LogP contribution in [0.5, 0.6) is 0 Å². The lowest BCUT2D eigenvalue weighted by Crippen LogP contribution is -2.35. The molecule has 182 valence electrons. The van der Waals surface area contributed by atoms with Gasteiger partial charge < -0.3 is 14.8 Å². The second-order valence-electron chi connectivity index (χ2n) is 9.60. The molecule has 7 nitrogen and oxygen atoms in total. The molecule has 0 radical (unpaired) electrons. The molecule has 2 aromatic heterocycles. The van der Waals surface area contributed by atoms with E-state index in [9.17, 15) is 9.59 Å². The van der Waals surface area contributed by atoms with Gasteiger partial charge in [-0.05, 0) is 65.2 Å². The second-order valence-corrected chi connectivity index (χ2v) is 9.60. The first-order chi connectivity index (χ1) is 16.4. The number of aromatic nitrogens is 3. The van der Waals surface area contributed by atoms with Gasteiger partial charge in [-0.1, -0.05) is 42.7 Å². The van der Waals surface area contributed by atoms with Crippen LogP contribution < -0.4 is 10.9 Å². The maximum absolute atomic E-state index is 13.2. The van der Waals surface area contributed by atoms with Crippen LogP contribution in [0, 0.1) is 20.8 Å². The summed E-state index contributed by atoms with van der Waals surface area (Å²) < 4.78 is 3.45. The van der Waals surface area contributed by atoms with E-state index >= 15 is 0 Å². The number of carbonyl (C=O) groups is 1. The highest BCUT2D eigenvalue weighted by atomic mass is 16.2. The zero-order chi connectivity index (χ0) is 24.1. The van der Waals surface area contributed by atoms with Crippen LogP contribution in [-0.2, 0) is 17.9 Å². The van der Waals surface area contributed by atoms with Crippen molar-refractivity contribution in [2.45, 2.75) is 66.0 Å². The highest BCUT2D eigenvalue weighted by Crippen LogP contribution is 2.23. The third-order valence-corrected chi connectivity index (χ3v) is 7.03. The molecule has 0 unspecified atom stereocenters. The first kappa shape index (κ1) is 24.2. The number of nitrogens with zero attached hydrogens (tertiary/aromatic N) is 4. The quantitative estimate of drug-likeness (QED) is 0.519. The van der Waals surface area contributed by atoms with Gasteiger partial charge in [-0.3, -0.25) is 9.59 Å². The molecule has 1 aliphatic rings. The number of aryl methyl sites for hydroxylation is 3. The van der Waals surface area contributed by atoms with Gasteiger partial charge in [-0.25, -0.2) is 4.68 Å². The molecule has 0 spiro atoms. The van der Waals surface area contributed by atoms with E-state index in [0.717, 1.165) is 42.8 Å². The molecule has 7 heteroatoms. The summed E-state index contributed by atoms with van der Waals surface area (Å²) in [6.07, 6.45) is 7.84. The SMILES string of the molecule is Cc1ccc(Cn2c(C)c3cnn(CC(=O)NCCCN4CCCCCC4)c(=O)c3c2C)cc1. The molecule has 1 amide bonds. The largest absolute Gasteiger partial charge is 0.354 e. The zero-order valence-corrected chi connectivity index (χ0v) is 20.8. The third kappa shape index (κ3) is 5.58. The summed E-state index contributed by atoms with van der Waals surface area (Å²) in [7, 11) is 0. The summed E-state index contributed by atoms with van der Waals surface area (Å²) in [5.41, 5.74) is 4.13. The van der Waals surface area contributed by atoms with E-state index in [-0.39, 0.29) is 18.0 Å². The van der Waals surface area contributed by atoms with Crippen molar-refractivity contribution in [2.24, 2.45) is 0 Å². The molecule has 0 saturated carbocycles. The number of fused-ring (bicyclic) bond motifs is 1. The summed E-state index contributed by atoms with van der Waals surface area (Å²) in [6.45, 7) is 10.7. The van der Waals surface area contributed by atoms with Crippen LogP contribution >= 0.6 is 0 Å². The maximum Gasteiger partial charge on any atom is 0.276 e. The summed E-state index contributed by atoms with van der Waals surface area (Å²) in [5.74, 6) is -0.168. The van der Waals surface area contributed by atoms with Crippen LogP contribution in [0.4, 0.5) is 0 Å². The smallest absolute Gasteiger partial charge is 0.276 e. The molecule has 3 aromatic rings. The van der Waals surface area contributed by atoms with Crippen molar-refractivity contribution in [2.75, 3.05) is 26.2 Å². The van der Waals surface area contributed by atoms with Crippen LogP contribution in [-0.4, -0.2) is 51.3 Å². The number of benzene rings is 1. The number of hydrogen-bond donors (Lipinski definition) is 1. The van der Waals surface area contributed by atoms with Crippen molar-refractivity contribution in [3.63, 3.8) is 0 Å². The first-order valence-electron chi connectivity index (χ1n) is 12.5. The number of likely N-dealkylation sites (tertiary alicyclic amines) is 1. The van der Waals surface area contributed by atoms with Crippen LogP contribution in [0.2, 0.25) is 0 Å². The van der Waals surface area contributed by atoms with Gasteiger partial charge in [0.25, 0.3) is 5.56 Å². The molecule has 1 fully saturated rings. The van der Waals surface area contributed by atoms with Crippen LogP contribution in [0.1, 0.15) is 54.6 Å². The average Bonchev–Trinajstić information content (AvgIpc) is 2.99. The van der Waals surface area contributed by atoms with Crippen molar-refractivity contribution >= 4 is 16.7 Å². The van der Waals surface area contributed by atoms with Gasteiger partial charge in [0.1, 0.15) is 6.54 Å². The Balaban J connectivity index is 1.40. The van der Waals surface area contributed by atoms with Crippen molar-refractivity contribution in [3.05, 3.63) is 63.3 Å². The van der Waals surface area contributed by atoms with Crippen LogP contribution in [0.25, 0.3) is 10.8 Å². The summed E-state index contributed by atoms with van der Waals surface area (Å²) in [4.78, 5) is 28.2. The standard InChI is InChI=1S/C27H37N5O2/c1-20-9-11-23(12-10-20)18-31-21(2)24-17-29-32(27(34)26(24)22(31)3)19-25(33)28-13-8-16-30-14-6-4-5-7-15-30/h9-12,17H,4-8,13-16,18-19H2,1-3H3,(H,28,33). The summed E-state index contributed by atoms with van der Waals surface area (Å²) in [5, 5.41) is 8.77. The normalized spacial score (nSPS) is 14.9. The number of carbonyl (C=O) groups excluding carboxylic acids is 1. The molecular formula is C27H37N5O2. The van der Waals surface area contributed by atoms with Crippen LogP contribution in [0.15, 0.2) is 35.3 Å². The van der Waals surface area contributed by atoms with E-state index in [1.165, 1.54) is 41.5 Å². The molecule has 0 atom stereocenters. The molecule has 1 N–H and O–H groups in total. The molecule has 3 heterocycles. The lowest BCUT2D eigenvalue weighted by molar-refractivity contribution is -0.121. The number of amides is 1. The monoisotopic (exact) mass is 463 g/mol. The molecule has 1 aliphatic heterocycles. The Labute approximate surface area is 201 Å². The highest BCUT2D eigenvalue weighted by molar-refractivity contribution is 5.87. The lowest BCUT2D eigenvalue weighted by atomic mass is 10.1. The van der Waals surface area contributed by atoms with E-state index < -0.39 is 0 Å². The fourth-order valence-corrected chi connectivity index (χ4v) is 4.95.